The second kappa shape index (κ2) is 9.71. The zero-order valence-corrected chi connectivity index (χ0v) is 19.1. The molecule has 1 aliphatic rings. The van der Waals surface area contributed by atoms with Crippen molar-refractivity contribution in [2.45, 2.75) is 44.2 Å². The number of amides is 1. The summed E-state index contributed by atoms with van der Waals surface area (Å²) < 4.78 is 33.6. The Balaban J connectivity index is 1.65. The first kappa shape index (κ1) is 22.3. The molecule has 0 spiro atoms. The van der Waals surface area contributed by atoms with Crippen molar-refractivity contribution in [1.29, 1.82) is 0 Å². The Morgan fingerprint density at radius 1 is 0.969 bits per heavy atom. The fourth-order valence-electron chi connectivity index (χ4n) is 4.03. The molecule has 0 unspecified atom stereocenters. The largest absolute Gasteiger partial charge is 0.467 e. The number of piperidine rings is 1. The quantitative estimate of drug-likeness (QED) is 0.525. The second-order valence-corrected chi connectivity index (χ2v) is 10.1. The van der Waals surface area contributed by atoms with Crippen LogP contribution in [-0.4, -0.2) is 36.6 Å². The molecule has 0 bridgehead atoms. The fourth-order valence-corrected chi connectivity index (χ4v) is 5.80. The number of nitrogens with zero attached hydrogens (tertiary/aromatic N) is 2. The van der Waals surface area contributed by atoms with Gasteiger partial charge in [-0.2, -0.15) is 4.31 Å². The average molecular weight is 453 g/mol. The van der Waals surface area contributed by atoms with E-state index in [-0.39, 0.29) is 10.8 Å². The van der Waals surface area contributed by atoms with Gasteiger partial charge in [-0.05, 0) is 55.2 Å². The van der Waals surface area contributed by atoms with Crippen molar-refractivity contribution < 1.29 is 17.6 Å². The van der Waals surface area contributed by atoms with E-state index in [1.54, 1.807) is 36.3 Å². The molecule has 0 N–H and O–H groups in total. The van der Waals surface area contributed by atoms with Gasteiger partial charge in [0.2, 0.25) is 10.0 Å². The first-order valence-electron chi connectivity index (χ1n) is 10.9. The lowest BCUT2D eigenvalue weighted by Gasteiger charge is -2.27. The van der Waals surface area contributed by atoms with Gasteiger partial charge in [-0.25, -0.2) is 8.42 Å². The first-order chi connectivity index (χ1) is 15.4. The van der Waals surface area contributed by atoms with Crippen LogP contribution in [0.4, 0.5) is 0 Å². The highest BCUT2D eigenvalue weighted by Crippen LogP contribution is 2.25. The van der Waals surface area contributed by atoms with Gasteiger partial charge >= 0.3 is 0 Å². The smallest absolute Gasteiger partial charge is 0.254 e. The molecule has 0 radical (unpaired) electrons. The number of carbonyl (C=O) groups is 1. The van der Waals surface area contributed by atoms with E-state index in [1.165, 1.54) is 10.4 Å². The minimum absolute atomic E-state index is 0.211. The molecule has 6 nitrogen and oxygen atoms in total. The van der Waals surface area contributed by atoms with E-state index in [4.69, 9.17) is 4.42 Å². The number of aryl methyl sites for hydroxylation is 1. The molecule has 3 aromatic rings. The maximum atomic E-state index is 13.5. The first-order valence-corrected chi connectivity index (χ1v) is 12.4. The molecule has 168 valence electrons. The Kier molecular flexibility index (Phi) is 6.77. The highest BCUT2D eigenvalue weighted by atomic mass is 32.2. The van der Waals surface area contributed by atoms with Gasteiger partial charge < -0.3 is 9.32 Å². The number of hydrogen-bond donors (Lipinski definition) is 0. The molecule has 1 saturated heterocycles. The van der Waals surface area contributed by atoms with E-state index < -0.39 is 10.0 Å². The maximum absolute atomic E-state index is 13.5. The lowest BCUT2D eigenvalue weighted by Crippen LogP contribution is -2.36. The van der Waals surface area contributed by atoms with Crippen LogP contribution in [0, 0.1) is 6.92 Å². The molecule has 1 amide bonds. The predicted octanol–water partition coefficient (Wildman–Crippen LogP) is 4.61. The summed E-state index contributed by atoms with van der Waals surface area (Å²) in [6.07, 6.45) is 4.36. The van der Waals surface area contributed by atoms with E-state index >= 15 is 0 Å². The maximum Gasteiger partial charge on any atom is 0.254 e. The van der Waals surface area contributed by atoms with Crippen LogP contribution < -0.4 is 0 Å². The Morgan fingerprint density at radius 2 is 1.72 bits per heavy atom. The van der Waals surface area contributed by atoms with Gasteiger partial charge in [0.05, 0.1) is 17.7 Å². The number of hydrogen-bond acceptors (Lipinski definition) is 4. The van der Waals surface area contributed by atoms with E-state index in [9.17, 15) is 13.2 Å². The molecule has 2 aromatic carbocycles. The monoisotopic (exact) mass is 452 g/mol. The normalized spacial score (nSPS) is 14.9. The summed E-state index contributed by atoms with van der Waals surface area (Å²) >= 11 is 0. The zero-order valence-electron chi connectivity index (χ0n) is 18.2. The van der Waals surface area contributed by atoms with Crippen LogP contribution in [0.2, 0.25) is 0 Å². The topological polar surface area (TPSA) is 70.8 Å². The van der Waals surface area contributed by atoms with Crippen molar-refractivity contribution in [3.05, 3.63) is 89.4 Å². The molecule has 1 aliphatic heterocycles. The number of benzene rings is 2. The van der Waals surface area contributed by atoms with Crippen molar-refractivity contribution in [2.24, 2.45) is 0 Å². The summed E-state index contributed by atoms with van der Waals surface area (Å²) in [4.78, 5) is 15.4. The van der Waals surface area contributed by atoms with Crippen molar-refractivity contribution >= 4 is 15.9 Å². The molecule has 32 heavy (non-hydrogen) atoms. The third-order valence-electron chi connectivity index (χ3n) is 5.80. The third kappa shape index (κ3) is 4.95. The summed E-state index contributed by atoms with van der Waals surface area (Å²) in [7, 11) is -3.64. The summed E-state index contributed by atoms with van der Waals surface area (Å²) in [5, 5.41) is 0. The average Bonchev–Trinajstić information content (AvgIpc) is 3.33. The van der Waals surface area contributed by atoms with E-state index in [2.05, 4.69) is 0 Å². The van der Waals surface area contributed by atoms with Gasteiger partial charge in [0.25, 0.3) is 5.91 Å². The van der Waals surface area contributed by atoms with Crippen LogP contribution in [0.1, 0.15) is 46.5 Å². The van der Waals surface area contributed by atoms with Crippen LogP contribution in [0.5, 0.6) is 0 Å². The Labute approximate surface area is 189 Å². The molecule has 2 heterocycles. The van der Waals surface area contributed by atoms with Crippen molar-refractivity contribution in [2.75, 3.05) is 13.1 Å². The number of rotatable bonds is 7. The van der Waals surface area contributed by atoms with Gasteiger partial charge in [-0.3, -0.25) is 4.79 Å². The lowest BCUT2D eigenvalue weighted by molar-refractivity contribution is 0.0717. The van der Waals surface area contributed by atoms with Gasteiger partial charge in [0.15, 0.2) is 0 Å². The molecular weight excluding hydrogens is 424 g/mol. The summed E-state index contributed by atoms with van der Waals surface area (Å²) in [6, 6.07) is 18.3. The van der Waals surface area contributed by atoms with Crippen LogP contribution in [0.3, 0.4) is 0 Å². The van der Waals surface area contributed by atoms with Crippen LogP contribution in [0.15, 0.2) is 76.2 Å². The number of sulfonamides is 1. The van der Waals surface area contributed by atoms with E-state index in [0.717, 1.165) is 24.8 Å². The number of furan rings is 1. The second-order valence-electron chi connectivity index (χ2n) is 8.17. The van der Waals surface area contributed by atoms with Crippen LogP contribution in [0.25, 0.3) is 0 Å². The third-order valence-corrected chi connectivity index (χ3v) is 7.84. The van der Waals surface area contributed by atoms with Crippen LogP contribution >= 0.6 is 0 Å². The Hall–Kier alpha value is -2.90. The summed E-state index contributed by atoms with van der Waals surface area (Å²) in [6.45, 7) is 3.51. The zero-order chi connectivity index (χ0) is 22.6. The minimum Gasteiger partial charge on any atom is -0.467 e. The number of carbonyl (C=O) groups excluding carboxylic acids is 1. The highest BCUT2D eigenvalue weighted by molar-refractivity contribution is 7.89. The molecule has 0 atom stereocenters. The van der Waals surface area contributed by atoms with E-state index in [0.29, 0.717) is 43.1 Å². The molecule has 4 rings (SSSR count). The van der Waals surface area contributed by atoms with Gasteiger partial charge in [-0.1, -0.05) is 42.8 Å². The molecule has 0 aliphatic carbocycles. The van der Waals surface area contributed by atoms with Gasteiger partial charge in [0.1, 0.15) is 5.76 Å². The SMILES string of the molecule is Cc1ccc(C(=O)N(Cc2ccccc2)Cc2ccco2)cc1S(=O)(=O)N1CCCCC1. The lowest BCUT2D eigenvalue weighted by atomic mass is 10.1. The minimum atomic E-state index is -3.64. The Bertz CT molecular complexity index is 1150. The van der Waals surface area contributed by atoms with Crippen molar-refractivity contribution in [1.82, 2.24) is 9.21 Å². The van der Waals surface area contributed by atoms with Crippen molar-refractivity contribution in [3.63, 3.8) is 0 Å². The molecule has 1 aromatic heterocycles. The van der Waals surface area contributed by atoms with Gasteiger partial charge in [-0.15, -0.1) is 0 Å². The standard InChI is InChI=1S/C25H28N2O4S/c1-20-12-13-22(17-24(20)32(29,30)27-14-6-3-7-15-27)25(28)26(19-23-11-8-16-31-23)18-21-9-4-2-5-10-21/h2,4-5,8-13,16-17H,3,6-7,14-15,18-19H2,1H3. The summed E-state index contributed by atoms with van der Waals surface area (Å²) in [5.74, 6) is 0.433. The van der Waals surface area contributed by atoms with Gasteiger partial charge in [0, 0.05) is 25.2 Å². The molecule has 7 heteroatoms. The van der Waals surface area contributed by atoms with E-state index in [1.807, 2.05) is 36.4 Å². The molecular formula is C25H28N2O4S. The fraction of sp³-hybridized carbons (Fsp3) is 0.320. The molecule has 1 fully saturated rings. The van der Waals surface area contributed by atoms with Crippen molar-refractivity contribution in [3.8, 4) is 0 Å². The van der Waals surface area contributed by atoms with Crippen LogP contribution in [-0.2, 0) is 23.1 Å². The Morgan fingerprint density at radius 3 is 2.41 bits per heavy atom. The summed E-state index contributed by atoms with van der Waals surface area (Å²) in [5.41, 5.74) is 1.99. The predicted molar refractivity (Wildman–Crippen MR) is 123 cm³/mol. The highest BCUT2D eigenvalue weighted by Gasteiger charge is 2.29. The molecule has 0 saturated carbocycles.